The summed E-state index contributed by atoms with van der Waals surface area (Å²) in [7, 11) is 0. The molecule has 31 heavy (non-hydrogen) atoms. The third kappa shape index (κ3) is 47.9. The van der Waals surface area contributed by atoms with Gasteiger partial charge in [-0.3, -0.25) is 9.59 Å². The Kier molecular flexibility index (Phi) is 37.3. The minimum Gasteiger partial charge on any atom is -0.481 e. The van der Waals surface area contributed by atoms with Gasteiger partial charge in [0.05, 0.1) is 0 Å². The van der Waals surface area contributed by atoms with Gasteiger partial charge in [-0.2, -0.15) is 0 Å². The molecule has 0 fully saturated rings. The standard InChI is InChI=1S/C10H23N.2C8H16O2/c1-2-3-4-5-6-7-8-9-10-11;2*1-2-3-4-5-6-7-8(9)10/h2-11H2,1H3;2*2-7H2,1H3,(H,9,10). The molecule has 0 saturated heterocycles. The number of nitrogens with two attached hydrogens (primary N) is 1. The molecule has 0 saturated carbocycles. The molecule has 0 atom stereocenters. The average molecular weight is 446 g/mol. The van der Waals surface area contributed by atoms with Crippen molar-refractivity contribution in [1.82, 2.24) is 0 Å². The van der Waals surface area contributed by atoms with Crippen LogP contribution in [0.5, 0.6) is 0 Å². The molecule has 0 aromatic rings. The zero-order valence-corrected chi connectivity index (χ0v) is 21.1. The van der Waals surface area contributed by atoms with Crippen molar-refractivity contribution in [3.63, 3.8) is 0 Å². The average Bonchev–Trinajstić information content (AvgIpc) is 2.73. The van der Waals surface area contributed by atoms with Crippen LogP contribution in [0.15, 0.2) is 0 Å². The molecule has 0 rings (SSSR count). The van der Waals surface area contributed by atoms with Crippen molar-refractivity contribution in [3.8, 4) is 0 Å². The minimum atomic E-state index is -0.670. The Balaban J connectivity index is -0.000000380. The van der Waals surface area contributed by atoms with Crippen LogP contribution < -0.4 is 5.73 Å². The molecule has 0 radical (unpaired) electrons. The zero-order chi connectivity index (χ0) is 24.0. The molecule has 4 N–H and O–H groups in total. The van der Waals surface area contributed by atoms with Gasteiger partial charge in [0.15, 0.2) is 0 Å². The number of hydrogen-bond donors (Lipinski definition) is 3. The number of carboxylic acids is 2. The molecule has 0 bridgehead atoms. The van der Waals surface area contributed by atoms with Crippen LogP contribution in [-0.2, 0) is 9.59 Å². The highest BCUT2D eigenvalue weighted by atomic mass is 16.4. The molecular formula is C26H55NO4. The molecule has 5 nitrogen and oxygen atoms in total. The Morgan fingerprint density at radius 3 is 1.00 bits per heavy atom. The second-order valence-corrected chi connectivity index (χ2v) is 8.38. The fourth-order valence-corrected chi connectivity index (χ4v) is 3.04. The summed E-state index contributed by atoms with van der Waals surface area (Å²) >= 11 is 0. The van der Waals surface area contributed by atoms with Gasteiger partial charge in [0.1, 0.15) is 0 Å². The van der Waals surface area contributed by atoms with Crippen LogP contribution in [-0.4, -0.2) is 28.7 Å². The predicted molar refractivity (Wildman–Crippen MR) is 134 cm³/mol. The van der Waals surface area contributed by atoms with E-state index >= 15 is 0 Å². The summed E-state index contributed by atoms with van der Waals surface area (Å²) in [6.45, 7) is 7.43. The first-order valence-corrected chi connectivity index (χ1v) is 13.1. The first kappa shape index (κ1) is 34.5. The minimum absolute atomic E-state index is 0.337. The van der Waals surface area contributed by atoms with Gasteiger partial charge in [0.2, 0.25) is 0 Å². The summed E-state index contributed by atoms with van der Waals surface area (Å²) in [4.78, 5) is 20.1. The largest absolute Gasteiger partial charge is 0.481 e. The molecule has 0 spiro atoms. The van der Waals surface area contributed by atoms with E-state index in [1.54, 1.807) is 0 Å². The molecule has 0 aliphatic carbocycles. The maximum atomic E-state index is 10.0. The SMILES string of the molecule is CCCCCCCC(=O)O.CCCCCCCC(=O)O.CCCCCCCCCCN. The number of aliphatic carboxylic acids is 2. The van der Waals surface area contributed by atoms with E-state index in [4.69, 9.17) is 15.9 Å². The van der Waals surface area contributed by atoms with Crippen LogP contribution in [0.25, 0.3) is 0 Å². The van der Waals surface area contributed by atoms with E-state index in [-0.39, 0.29) is 0 Å². The van der Waals surface area contributed by atoms with Crippen LogP contribution in [0, 0.1) is 0 Å². The van der Waals surface area contributed by atoms with E-state index in [0.29, 0.717) is 12.8 Å². The summed E-state index contributed by atoms with van der Waals surface area (Å²) in [6, 6.07) is 0. The Morgan fingerprint density at radius 1 is 0.484 bits per heavy atom. The second-order valence-electron chi connectivity index (χ2n) is 8.38. The van der Waals surface area contributed by atoms with E-state index in [2.05, 4.69) is 20.8 Å². The van der Waals surface area contributed by atoms with Crippen molar-refractivity contribution < 1.29 is 19.8 Å². The molecule has 0 amide bonds. The van der Waals surface area contributed by atoms with Crippen LogP contribution in [0.1, 0.15) is 149 Å². The molecule has 0 aliphatic rings. The molecule has 0 aromatic carbocycles. The maximum absolute atomic E-state index is 10.0. The Bertz CT molecular complexity index is 316. The number of rotatable bonds is 20. The Labute approximate surface area is 193 Å². The third-order valence-corrected chi connectivity index (χ3v) is 5.05. The summed E-state index contributed by atoms with van der Waals surface area (Å²) in [5.41, 5.74) is 5.39. The maximum Gasteiger partial charge on any atom is 0.303 e. The van der Waals surface area contributed by atoms with E-state index in [1.165, 1.54) is 89.9 Å². The first-order chi connectivity index (χ1) is 15.0. The lowest BCUT2D eigenvalue weighted by Gasteiger charge is -1.99. The van der Waals surface area contributed by atoms with Gasteiger partial charge in [-0.05, 0) is 25.8 Å². The smallest absolute Gasteiger partial charge is 0.303 e. The summed E-state index contributed by atoms with van der Waals surface area (Å²) in [5.74, 6) is -1.34. The van der Waals surface area contributed by atoms with Crippen LogP contribution in [0.4, 0.5) is 0 Å². The van der Waals surface area contributed by atoms with Gasteiger partial charge in [-0.15, -0.1) is 0 Å². The van der Waals surface area contributed by atoms with E-state index in [0.717, 1.165) is 32.2 Å². The Morgan fingerprint density at radius 2 is 0.742 bits per heavy atom. The van der Waals surface area contributed by atoms with Gasteiger partial charge in [-0.1, -0.05) is 117 Å². The molecule has 0 heterocycles. The van der Waals surface area contributed by atoms with Crippen LogP contribution in [0.3, 0.4) is 0 Å². The quantitative estimate of drug-likeness (QED) is 0.165. The molecule has 5 heteroatoms. The topological polar surface area (TPSA) is 101 Å². The number of unbranched alkanes of at least 4 members (excludes halogenated alkanes) is 15. The van der Waals surface area contributed by atoms with Crippen molar-refractivity contribution >= 4 is 11.9 Å². The van der Waals surface area contributed by atoms with Gasteiger partial charge in [0.25, 0.3) is 0 Å². The van der Waals surface area contributed by atoms with Crippen molar-refractivity contribution in [1.29, 1.82) is 0 Å². The molecule has 0 unspecified atom stereocenters. The lowest BCUT2D eigenvalue weighted by molar-refractivity contribution is -0.138. The predicted octanol–water partition coefficient (Wildman–Crippen LogP) is 7.95. The zero-order valence-electron chi connectivity index (χ0n) is 21.1. The number of carbonyl (C=O) groups is 2. The van der Waals surface area contributed by atoms with Crippen molar-refractivity contribution in [3.05, 3.63) is 0 Å². The fraction of sp³-hybridized carbons (Fsp3) is 0.923. The molecular weight excluding hydrogens is 390 g/mol. The summed E-state index contributed by atoms with van der Waals surface area (Å²) in [6.07, 6.45) is 22.7. The fourth-order valence-electron chi connectivity index (χ4n) is 3.04. The molecule has 0 aliphatic heterocycles. The summed E-state index contributed by atoms with van der Waals surface area (Å²) in [5, 5.41) is 16.5. The number of hydrogen-bond acceptors (Lipinski definition) is 3. The van der Waals surface area contributed by atoms with Crippen molar-refractivity contribution in [2.24, 2.45) is 5.73 Å². The first-order valence-electron chi connectivity index (χ1n) is 13.1. The van der Waals surface area contributed by atoms with Gasteiger partial charge >= 0.3 is 11.9 Å². The highest BCUT2D eigenvalue weighted by molar-refractivity contribution is 5.66. The van der Waals surface area contributed by atoms with Crippen molar-refractivity contribution in [2.45, 2.75) is 149 Å². The second kappa shape index (κ2) is 33.5. The van der Waals surface area contributed by atoms with E-state index in [9.17, 15) is 9.59 Å². The highest BCUT2D eigenvalue weighted by Gasteiger charge is 1.95. The highest BCUT2D eigenvalue weighted by Crippen LogP contribution is 2.07. The normalized spacial score (nSPS) is 9.94. The van der Waals surface area contributed by atoms with Crippen LogP contribution >= 0.6 is 0 Å². The van der Waals surface area contributed by atoms with E-state index in [1.807, 2.05) is 0 Å². The van der Waals surface area contributed by atoms with Gasteiger partial charge < -0.3 is 15.9 Å². The Hall–Kier alpha value is -1.10. The number of carboxylic acid groups (broad SMARTS) is 2. The molecule has 0 aromatic heterocycles. The lowest BCUT2D eigenvalue weighted by Crippen LogP contribution is -1.97. The summed E-state index contributed by atoms with van der Waals surface area (Å²) < 4.78 is 0. The monoisotopic (exact) mass is 445 g/mol. The van der Waals surface area contributed by atoms with Crippen LogP contribution in [0.2, 0.25) is 0 Å². The van der Waals surface area contributed by atoms with Gasteiger partial charge in [0, 0.05) is 12.8 Å². The van der Waals surface area contributed by atoms with Crippen molar-refractivity contribution in [2.75, 3.05) is 6.54 Å². The third-order valence-electron chi connectivity index (χ3n) is 5.05. The van der Waals surface area contributed by atoms with E-state index < -0.39 is 11.9 Å². The lowest BCUT2D eigenvalue weighted by atomic mass is 10.1. The van der Waals surface area contributed by atoms with Gasteiger partial charge in [-0.25, -0.2) is 0 Å². The molecule has 188 valence electrons.